The van der Waals surface area contributed by atoms with Gasteiger partial charge in [-0.1, -0.05) is 63.5 Å². The van der Waals surface area contributed by atoms with E-state index in [2.05, 4.69) is 0 Å². The summed E-state index contributed by atoms with van der Waals surface area (Å²) < 4.78 is 12.2. The molecule has 202 valence electrons. The van der Waals surface area contributed by atoms with Crippen molar-refractivity contribution in [2.75, 3.05) is 13.2 Å². The van der Waals surface area contributed by atoms with Gasteiger partial charge in [0.25, 0.3) is 0 Å². The maximum absolute atomic E-state index is 9.57. The van der Waals surface area contributed by atoms with E-state index < -0.39 is 0 Å². The van der Waals surface area contributed by atoms with Crippen LogP contribution in [0.2, 0.25) is 0 Å². The molecule has 2 saturated heterocycles. The maximum atomic E-state index is 9.57. The summed E-state index contributed by atoms with van der Waals surface area (Å²) in [6.07, 6.45) is 21.7. The molecule has 6 rings (SSSR count). The van der Waals surface area contributed by atoms with Crippen LogP contribution in [0.15, 0.2) is 24.3 Å². The lowest BCUT2D eigenvalue weighted by Crippen LogP contribution is -2.36. The number of ether oxygens (including phenoxy) is 2. The average molecular weight is 499 g/mol. The predicted molar refractivity (Wildman–Crippen MR) is 144 cm³/mol. The largest absolute Gasteiger partial charge is 0.508 e. The maximum Gasteiger partial charge on any atom is 0.115 e. The average Bonchev–Trinajstić information content (AvgIpc) is 3.66. The highest BCUT2D eigenvalue weighted by atomic mass is 16.5. The molecule has 3 saturated carbocycles. The summed E-state index contributed by atoms with van der Waals surface area (Å²) in [5.74, 6) is 4.61. The molecular formula is C32H50O4. The number of aromatic hydroxyl groups is 1. The summed E-state index contributed by atoms with van der Waals surface area (Å²) in [5.41, 5.74) is 1.21. The summed E-state index contributed by atoms with van der Waals surface area (Å²) in [7, 11) is 0. The molecule has 4 atom stereocenters. The van der Waals surface area contributed by atoms with E-state index in [0.29, 0.717) is 11.9 Å². The number of rotatable bonds is 4. The Morgan fingerprint density at radius 2 is 1.06 bits per heavy atom. The van der Waals surface area contributed by atoms with Crippen LogP contribution in [0.3, 0.4) is 0 Å². The van der Waals surface area contributed by atoms with Gasteiger partial charge in [0.05, 0.1) is 31.5 Å². The first kappa shape index (κ1) is 26.5. The van der Waals surface area contributed by atoms with E-state index in [9.17, 15) is 10.2 Å². The third kappa shape index (κ3) is 7.05. The Morgan fingerprint density at radius 3 is 1.56 bits per heavy atom. The van der Waals surface area contributed by atoms with Crippen molar-refractivity contribution in [3.8, 4) is 5.75 Å². The summed E-state index contributed by atoms with van der Waals surface area (Å²) >= 11 is 0. The van der Waals surface area contributed by atoms with Gasteiger partial charge in [-0.25, -0.2) is 0 Å². The predicted octanol–water partition coefficient (Wildman–Crippen LogP) is 7.57. The molecule has 2 heterocycles. The quantitative estimate of drug-likeness (QED) is 0.449. The fourth-order valence-corrected chi connectivity index (χ4v) is 7.96. The van der Waals surface area contributed by atoms with Crippen LogP contribution in [-0.2, 0) is 9.47 Å². The molecule has 36 heavy (non-hydrogen) atoms. The molecule has 1 aromatic carbocycles. The molecule has 2 aliphatic heterocycles. The van der Waals surface area contributed by atoms with E-state index in [-0.39, 0.29) is 12.2 Å². The third-order valence-electron chi connectivity index (χ3n) is 10.3. The molecule has 3 aliphatic carbocycles. The van der Waals surface area contributed by atoms with Crippen LogP contribution in [0.4, 0.5) is 0 Å². The Labute approximate surface area is 219 Å². The smallest absolute Gasteiger partial charge is 0.115 e. The topological polar surface area (TPSA) is 58.9 Å². The first-order valence-electron chi connectivity index (χ1n) is 15.4. The number of hydrogen-bond acceptors (Lipinski definition) is 4. The molecular weight excluding hydrogens is 448 g/mol. The summed E-state index contributed by atoms with van der Waals surface area (Å²) in [6, 6.07) is 7.47. The number of aliphatic hydroxyl groups excluding tert-OH is 1. The van der Waals surface area contributed by atoms with Gasteiger partial charge < -0.3 is 19.7 Å². The molecule has 0 amide bonds. The lowest BCUT2D eigenvalue weighted by atomic mass is 9.78. The van der Waals surface area contributed by atoms with Crippen molar-refractivity contribution >= 4 is 0 Å². The van der Waals surface area contributed by atoms with Crippen LogP contribution >= 0.6 is 0 Å². The molecule has 0 bridgehead atoms. The second-order valence-corrected chi connectivity index (χ2v) is 12.6. The molecule has 0 spiro atoms. The van der Waals surface area contributed by atoms with Crippen molar-refractivity contribution in [3.63, 3.8) is 0 Å². The number of hydrogen-bond donors (Lipinski definition) is 2. The Hall–Kier alpha value is -1.10. The Morgan fingerprint density at radius 1 is 0.528 bits per heavy atom. The van der Waals surface area contributed by atoms with Crippen LogP contribution in [0, 0.1) is 29.6 Å². The van der Waals surface area contributed by atoms with E-state index in [4.69, 9.17) is 9.47 Å². The minimum atomic E-state index is -0.0314. The Balaban J connectivity index is 0.000000148. The van der Waals surface area contributed by atoms with Crippen LogP contribution in [0.5, 0.6) is 5.75 Å². The highest BCUT2D eigenvalue weighted by Gasteiger charge is 2.34. The lowest BCUT2D eigenvalue weighted by molar-refractivity contribution is -0.0730. The van der Waals surface area contributed by atoms with Crippen molar-refractivity contribution < 1.29 is 19.7 Å². The van der Waals surface area contributed by atoms with Crippen molar-refractivity contribution in [2.45, 2.75) is 121 Å². The summed E-state index contributed by atoms with van der Waals surface area (Å²) in [4.78, 5) is 0. The molecule has 0 aromatic heterocycles. The van der Waals surface area contributed by atoms with Crippen molar-refractivity contribution in [2.24, 2.45) is 29.6 Å². The standard InChI is InChI=1S/C16H28O2.C16H22O2/c2*17-15-8-5-13(6-9-15)16-10-7-14(11-18-16)12-3-1-2-4-12/h12-17H,1-11H2;5-6,8-9,12,14,16-17H,1-4,7,10-11H2. The molecule has 1 aromatic rings. The minimum Gasteiger partial charge on any atom is -0.508 e. The zero-order valence-electron chi connectivity index (χ0n) is 22.4. The van der Waals surface area contributed by atoms with Gasteiger partial charge in [0, 0.05) is 0 Å². The van der Waals surface area contributed by atoms with Crippen LogP contribution < -0.4 is 0 Å². The monoisotopic (exact) mass is 498 g/mol. The van der Waals surface area contributed by atoms with Crippen molar-refractivity contribution in [1.29, 1.82) is 0 Å². The van der Waals surface area contributed by atoms with Gasteiger partial charge in [-0.05, 0) is 98.7 Å². The van der Waals surface area contributed by atoms with E-state index in [1.807, 2.05) is 12.1 Å². The van der Waals surface area contributed by atoms with Gasteiger partial charge in [0.15, 0.2) is 0 Å². The Kier molecular flexibility index (Phi) is 9.65. The van der Waals surface area contributed by atoms with E-state index >= 15 is 0 Å². The van der Waals surface area contributed by atoms with E-state index in [1.54, 1.807) is 12.1 Å². The zero-order chi connectivity index (χ0) is 24.7. The molecule has 4 nitrogen and oxygen atoms in total. The van der Waals surface area contributed by atoms with Gasteiger partial charge in [-0.3, -0.25) is 0 Å². The van der Waals surface area contributed by atoms with Crippen LogP contribution in [-0.4, -0.2) is 35.6 Å². The van der Waals surface area contributed by atoms with E-state index in [0.717, 1.165) is 62.1 Å². The van der Waals surface area contributed by atoms with Gasteiger partial charge in [0.2, 0.25) is 0 Å². The number of phenolic OH excluding ortho intramolecular Hbond substituents is 1. The van der Waals surface area contributed by atoms with Crippen molar-refractivity contribution in [3.05, 3.63) is 29.8 Å². The van der Waals surface area contributed by atoms with Gasteiger partial charge in [-0.2, -0.15) is 0 Å². The summed E-state index contributed by atoms with van der Waals surface area (Å²) in [6.45, 7) is 1.95. The van der Waals surface area contributed by atoms with Gasteiger partial charge >= 0.3 is 0 Å². The first-order valence-corrected chi connectivity index (χ1v) is 15.4. The highest BCUT2D eigenvalue weighted by molar-refractivity contribution is 5.27. The van der Waals surface area contributed by atoms with Crippen molar-refractivity contribution in [1.82, 2.24) is 0 Å². The SMILES string of the molecule is OC1CCC(C2CCC(C3CCCC3)CO2)CC1.Oc1ccc(C2CCC(C3CCCC3)CO2)cc1. The summed E-state index contributed by atoms with van der Waals surface area (Å²) in [5, 5.41) is 18.9. The fourth-order valence-electron chi connectivity index (χ4n) is 7.96. The Bertz CT molecular complexity index is 743. The normalized spacial score (nSPS) is 36.4. The number of phenols is 1. The molecule has 5 aliphatic rings. The second-order valence-electron chi connectivity index (χ2n) is 12.6. The number of benzene rings is 1. The molecule has 4 heteroatoms. The second kappa shape index (κ2) is 13.1. The van der Waals surface area contributed by atoms with Gasteiger partial charge in [-0.15, -0.1) is 0 Å². The molecule has 2 N–H and O–H groups in total. The highest BCUT2D eigenvalue weighted by Crippen LogP contribution is 2.41. The van der Waals surface area contributed by atoms with Gasteiger partial charge in [0.1, 0.15) is 5.75 Å². The number of aliphatic hydroxyl groups is 1. The molecule has 4 unspecified atom stereocenters. The first-order chi connectivity index (χ1) is 17.7. The zero-order valence-corrected chi connectivity index (χ0v) is 22.4. The molecule has 5 fully saturated rings. The third-order valence-corrected chi connectivity index (χ3v) is 10.3. The molecule has 0 radical (unpaired) electrons. The fraction of sp³-hybridized carbons (Fsp3) is 0.812. The minimum absolute atomic E-state index is 0.0314. The van der Waals surface area contributed by atoms with E-state index in [1.165, 1.54) is 89.0 Å². The lowest BCUT2D eigenvalue weighted by Gasteiger charge is -2.38. The van der Waals surface area contributed by atoms with Crippen LogP contribution in [0.1, 0.15) is 114 Å². The van der Waals surface area contributed by atoms with Crippen LogP contribution in [0.25, 0.3) is 0 Å².